The smallest absolute Gasteiger partial charge is 0.337 e. The highest BCUT2D eigenvalue weighted by molar-refractivity contribution is 7.22. The normalized spacial score (nSPS) is 17.1. The van der Waals surface area contributed by atoms with E-state index >= 15 is 0 Å². The molecule has 0 spiro atoms. The quantitative estimate of drug-likeness (QED) is 0.173. The summed E-state index contributed by atoms with van der Waals surface area (Å²) in [5.74, 6) is -0.439. The van der Waals surface area contributed by atoms with E-state index in [9.17, 15) is 14.7 Å². The number of amides is 1. The monoisotopic (exact) mass is 713 g/mol. The second kappa shape index (κ2) is 13.4. The molecular formula is C39H44ClN5O4S. The SMILES string of the molecule is CCC(=O)N1CC(N2CCC(c3nn(C)c4ccc(-c5nc6cc(C)c([C@H](OC(C)(C)C)C(=O)O)c(-c7ccc(Cl)cc7)c6s5)cc34)CC2)C1. The van der Waals surface area contributed by atoms with Gasteiger partial charge < -0.3 is 14.7 Å². The Bertz CT molecular complexity index is 2090. The fraction of sp³-hybridized carbons (Fsp3) is 0.436. The van der Waals surface area contributed by atoms with E-state index in [0.29, 0.717) is 29.0 Å². The predicted octanol–water partition coefficient (Wildman–Crippen LogP) is 8.22. The van der Waals surface area contributed by atoms with Gasteiger partial charge in [0.05, 0.1) is 27.0 Å². The summed E-state index contributed by atoms with van der Waals surface area (Å²) in [5.41, 5.74) is 6.45. The van der Waals surface area contributed by atoms with E-state index in [2.05, 4.69) is 23.1 Å². The van der Waals surface area contributed by atoms with Gasteiger partial charge in [0.15, 0.2) is 6.10 Å². The first kappa shape index (κ1) is 34.6. The molecule has 0 bridgehead atoms. The lowest BCUT2D eigenvalue weighted by molar-refractivity contribution is -0.160. The van der Waals surface area contributed by atoms with Crippen molar-refractivity contribution >= 4 is 55.9 Å². The van der Waals surface area contributed by atoms with Gasteiger partial charge in [-0.25, -0.2) is 9.78 Å². The van der Waals surface area contributed by atoms with Crippen molar-refractivity contribution in [2.75, 3.05) is 26.2 Å². The van der Waals surface area contributed by atoms with E-state index in [1.54, 1.807) is 11.3 Å². The number of nitrogens with zero attached hydrogens (tertiary/aromatic N) is 5. The lowest BCUT2D eigenvalue weighted by atomic mass is 9.89. The molecule has 3 aromatic carbocycles. The number of aryl methyl sites for hydroxylation is 2. The number of fused-ring (bicyclic) bond motifs is 2. The molecule has 0 radical (unpaired) electrons. The molecule has 4 heterocycles. The van der Waals surface area contributed by atoms with Crippen LogP contribution in [0.1, 0.15) is 75.8 Å². The number of carbonyl (C=O) groups is 2. The van der Waals surface area contributed by atoms with Crippen LogP contribution in [0, 0.1) is 6.92 Å². The van der Waals surface area contributed by atoms with Crippen LogP contribution in [-0.4, -0.2) is 79.4 Å². The van der Waals surface area contributed by atoms with Crippen LogP contribution in [0.15, 0.2) is 48.5 Å². The van der Waals surface area contributed by atoms with E-state index in [1.165, 1.54) is 0 Å². The van der Waals surface area contributed by atoms with Crippen LogP contribution in [-0.2, 0) is 21.4 Å². The number of carboxylic acid groups (broad SMARTS) is 1. The molecule has 0 saturated carbocycles. The Morgan fingerprint density at radius 1 is 1.06 bits per heavy atom. The highest BCUT2D eigenvalue weighted by Crippen LogP contribution is 2.45. The van der Waals surface area contributed by atoms with E-state index in [-0.39, 0.29) is 5.91 Å². The highest BCUT2D eigenvalue weighted by atomic mass is 35.5. The Kier molecular flexibility index (Phi) is 9.26. The first-order valence-corrected chi connectivity index (χ1v) is 18.6. The van der Waals surface area contributed by atoms with Gasteiger partial charge in [0.2, 0.25) is 5.91 Å². The zero-order valence-corrected chi connectivity index (χ0v) is 31.1. The third-order valence-corrected chi connectivity index (χ3v) is 11.5. The molecule has 50 heavy (non-hydrogen) atoms. The largest absolute Gasteiger partial charge is 0.479 e. The molecule has 2 aromatic heterocycles. The van der Waals surface area contributed by atoms with E-state index in [1.807, 2.05) is 81.6 Å². The molecule has 9 nitrogen and oxygen atoms in total. The van der Waals surface area contributed by atoms with Gasteiger partial charge in [-0.1, -0.05) is 30.7 Å². The molecule has 0 unspecified atom stereocenters. The van der Waals surface area contributed by atoms with Crippen LogP contribution in [0.5, 0.6) is 0 Å². The maximum absolute atomic E-state index is 12.8. The summed E-state index contributed by atoms with van der Waals surface area (Å²) < 4.78 is 9.08. The number of ether oxygens (including phenoxy) is 1. The number of halogens is 1. The summed E-state index contributed by atoms with van der Waals surface area (Å²) in [5, 5.41) is 18.1. The van der Waals surface area contributed by atoms with Crippen molar-refractivity contribution in [3.63, 3.8) is 0 Å². The third kappa shape index (κ3) is 6.54. The summed E-state index contributed by atoms with van der Waals surface area (Å²) in [4.78, 5) is 34.5. The van der Waals surface area contributed by atoms with E-state index < -0.39 is 17.7 Å². The van der Waals surface area contributed by atoms with Gasteiger partial charge in [0.1, 0.15) is 5.01 Å². The Morgan fingerprint density at radius 3 is 2.38 bits per heavy atom. The number of rotatable bonds is 8. The average molecular weight is 714 g/mol. The summed E-state index contributed by atoms with van der Waals surface area (Å²) in [6.07, 6.45) is 1.47. The van der Waals surface area contributed by atoms with Crippen molar-refractivity contribution in [3.8, 4) is 21.7 Å². The molecular weight excluding hydrogens is 670 g/mol. The number of carboxylic acids is 1. The van der Waals surface area contributed by atoms with Gasteiger partial charge >= 0.3 is 5.97 Å². The Hall–Kier alpha value is -3.83. The van der Waals surface area contributed by atoms with Gasteiger partial charge in [0.25, 0.3) is 0 Å². The first-order valence-electron chi connectivity index (χ1n) is 17.4. The van der Waals surface area contributed by atoms with Crippen molar-refractivity contribution in [3.05, 3.63) is 70.4 Å². The Balaban J connectivity index is 1.25. The van der Waals surface area contributed by atoms with E-state index in [0.717, 1.165) is 93.1 Å². The highest BCUT2D eigenvalue weighted by Gasteiger charge is 2.37. The molecule has 262 valence electrons. The minimum atomic E-state index is -1.17. The Morgan fingerprint density at radius 2 is 1.74 bits per heavy atom. The number of likely N-dealkylation sites (tertiary alicyclic amines) is 2. The predicted molar refractivity (Wildman–Crippen MR) is 200 cm³/mol. The molecule has 0 aliphatic carbocycles. The molecule has 11 heteroatoms. The fourth-order valence-electron chi connectivity index (χ4n) is 7.54. The number of benzene rings is 3. The summed E-state index contributed by atoms with van der Waals surface area (Å²) >= 11 is 7.86. The zero-order valence-electron chi connectivity index (χ0n) is 29.5. The lowest BCUT2D eigenvalue weighted by Gasteiger charge is -2.47. The van der Waals surface area contributed by atoms with Gasteiger partial charge in [-0.3, -0.25) is 14.4 Å². The summed E-state index contributed by atoms with van der Waals surface area (Å²) in [6.45, 7) is 13.2. The number of piperidine rings is 1. The van der Waals surface area contributed by atoms with Gasteiger partial charge in [-0.2, -0.15) is 5.10 Å². The maximum atomic E-state index is 12.8. The van der Waals surface area contributed by atoms with E-state index in [4.69, 9.17) is 26.4 Å². The molecule has 2 fully saturated rings. The van der Waals surface area contributed by atoms with Crippen molar-refractivity contribution < 1.29 is 19.4 Å². The molecule has 7 rings (SSSR count). The topological polar surface area (TPSA) is 101 Å². The van der Waals surface area contributed by atoms with Crippen LogP contribution in [0.2, 0.25) is 5.02 Å². The van der Waals surface area contributed by atoms with Crippen molar-refractivity contribution in [2.24, 2.45) is 7.05 Å². The number of aromatic nitrogens is 3. The molecule has 2 aliphatic rings. The average Bonchev–Trinajstić information content (AvgIpc) is 3.63. The minimum absolute atomic E-state index is 0.246. The second-order valence-electron chi connectivity index (χ2n) is 14.7. The Labute approximate surface area is 301 Å². The maximum Gasteiger partial charge on any atom is 0.337 e. The number of aliphatic carboxylic acids is 1. The summed E-state index contributed by atoms with van der Waals surface area (Å²) in [6, 6.07) is 16.4. The van der Waals surface area contributed by atoms with Crippen LogP contribution >= 0.6 is 22.9 Å². The van der Waals surface area contributed by atoms with Crippen LogP contribution in [0.25, 0.3) is 42.8 Å². The zero-order chi connectivity index (χ0) is 35.5. The molecule has 2 aliphatic heterocycles. The molecule has 1 atom stereocenters. The van der Waals surface area contributed by atoms with Crippen molar-refractivity contribution in [2.45, 2.75) is 77.5 Å². The number of carbonyl (C=O) groups excluding carboxylic acids is 1. The van der Waals surface area contributed by atoms with Gasteiger partial charge in [-0.05, 0) is 101 Å². The number of hydrogen-bond acceptors (Lipinski definition) is 7. The third-order valence-electron chi connectivity index (χ3n) is 10.1. The van der Waals surface area contributed by atoms with Crippen molar-refractivity contribution in [1.29, 1.82) is 0 Å². The number of hydrogen-bond donors (Lipinski definition) is 1. The van der Waals surface area contributed by atoms with Crippen LogP contribution in [0.3, 0.4) is 0 Å². The number of thiazole rings is 1. The standard InChI is InChI=1S/C39H44ClN5O4S/c1-7-31(46)45-20-27(21-45)44-16-14-24(15-17-44)34-28-19-25(10-13-30(28)43(6)42-34)37-41-29-18-22(2)32(35(38(47)48)49-39(3,4)5)33(36(29)50-37)23-8-11-26(40)12-9-23/h8-13,18-19,24,27,35H,7,14-17,20-21H2,1-6H3,(H,47,48)/t35-/m0/s1. The van der Waals surface area contributed by atoms with Crippen molar-refractivity contribution in [1.82, 2.24) is 24.6 Å². The lowest BCUT2D eigenvalue weighted by Crippen LogP contribution is -2.62. The minimum Gasteiger partial charge on any atom is -0.479 e. The van der Waals surface area contributed by atoms with Crippen LogP contribution < -0.4 is 0 Å². The first-order chi connectivity index (χ1) is 23.8. The molecule has 5 aromatic rings. The molecule has 2 saturated heterocycles. The fourth-order valence-corrected chi connectivity index (χ4v) is 8.79. The summed E-state index contributed by atoms with van der Waals surface area (Å²) in [7, 11) is 2.01. The van der Waals surface area contributed by atoms with Gasteiger partial charge in [0, 0.05) is 65.6 Å². The molecule has 1 N–H and O–H groups in total. The van der Waals surface area contributed by atoms with Crippen LogP contribution in [0.4, 0.5) is 0 Å². The second-order valence-corrected chi connectivity index (χ2v) is 16.1. The van der Waals surface area contributed by atoms with Gasteiger partial charge in [-0.15, -0.1) is 11.3 Å². The molecule has 1 amide bonds.